The molecule has 2 aromatic rings. The Labute approximate surface area is 169 Å². The van der Waals surface area contributed by atoms with Gasteiger partial charge in [0.05, 0.1) is 13.2 Å². The molecular weight excluding hydrogens is 350 g/mol. The van der Waals surface area contributed by atoms with Crippen LogP contribution < -0.4 is 0 Å². The number of ether oxygens (including phenoxy) is 1. The minimum absolute atomic E-state index is 0.209. The van der Waals surface area contributed by atoms with Crippen molar-refractivity contribution in [2.24, 2.45) is 0 Å². The largest absolute Gasteiger partial charge is 0.378 e. The first kappa shape index (κ1) is 20.6. The number of aryl methyl sites for hydroxylation is 3. The molecule has 0 radical (unpaired) electrons. The molecule has 0 saturated carbocycles. The van der Waals surface area contributed by atoms with Gasteiger partial charge in [-0.2, -0.15) is 0 Å². The average Bonchev–Trinajstić information content (AvgIpc) is 3.11. The maximum Gasteiger partial charge on any atom is 0.0645 e. The Morgan fingerprint density at radius 3 is 2.37 bits per heavy atom. The molecule has 3 heteroatoms. The van der Waals surface area contributed by atoms with Gasteiger partial charge in [-0.05, 0) is 76.6 Å². The SMILES string of the molecule is CC1(C)COCCN1CCCCCc1ccc(CCCc2ccccc2)s1. The number of hydrogen-bond donors (Lipinski definition) is 0. The van der Waals surface area contributed by atoms with Crippen molar-refractivity contribution in [2.45, 2.75) is 64.3 Å². The summed E-state index contributed by atoms with van der Waals surface area (Å²) in [6.45, 7) is 8.67. The van der Waals surface area contributed by atoms with Gasteiger partial charge in [-0.3, -0.25) is 4.90 Å². The highest BCUT2D eigenvalue weighted by atomic mass is 32.1. The molecule has 1 fully saturated rings. The van der Waals surface area contributed by atoms with Crippen LogP contribution in [-0.4, -0.2) is 36.7 Å². The molecule has 0 unspecified atom stereocenters. The summed E-state index contributed by atoms with van der Waals surface area (Å²) in [7, 11) is 0. The highest BCUT2D eigenvalue weighted by molar-refractivity contribution is 7.11. The van der Waals surface area contributed by atoms with Crippen LogP contribution in [0.5, 0.6) is 0 Å². The number of thiophene rings is 1. The molecule has 0 aliphatic carbocycles. The first-order chi connectivity index (χ1) is 13.1. The van der Waals surface area contributed by atoms with E-state index in [0.29, 0.717) is 0 Å². The quantitative estimate of drug-likeness (QED) is 0.483. The first-order valence-electron chi connectivity index (χ1n) is 10.6. The lowest BCUT2D eigenvalue weighted by Crippen LogP contribution is -2.53. The Morgan fingerprint density at radius 2 is 1.63 bits per heavy atom. The minimum atomic E-state index is 0.209. The predicted octanol–water partition coefficient (Wildman–Crippen LogP) is 5.75. The van der Waals surface area contributed by atoms with Crippen molar-refractivity contribution in [1.29, 1.82) is 0 Å². The highest BCUT2D eigenvalue weighted by Crippen LogP contribution is 2.22. The molecule has 148 valence electrons. The molecule has 0 spiro atoms. The second-order valence-corrected chi connectivity index (χ2v) is 9.62. The van der Waals surface area contributed by atoms with Gasteiger partial charge in [-0.15, -0.1) is 11.3 Å². The van der Waals surface area contributed by atoms with Crippen LogP contribution in [0.25, 0.3) is 0 Å². The molecule has 0 bridgehead atoms. The normalized spacial score (nSPS) is 17.3. The van der Waals surface area contributed by atoms with Gasteiger partial charge >= 0.3 is 0 Å². The zero-order chi connectivity index (χ0) is 19.0. The number of morpholine rings is 1. The van der Waals surface area contributed by atoms with Gasteiger partial charge in [0.25, 0.3) is 0 Å². The molecule has 0 amide bonds. The zero-order valence-corrected chi connectivity index (χ0v) is 17.9. The van der Waals surface area contributed by atoms with E-state index in [2.05, 4.69) is 61.2 Å². The Kier molecular flexibility index (Phi) is 7.93. The minimum Gasteiger partial charge on any atom is -0.378 e. The fourth-order valence-corrected chi connectivity index (χ4v) is 4.99. The summed E-state index contributed by atoms with van der Waals surface area (Å²) in [6.07, 6.45) is 8.84. The van der Waals surface area contributed by atoms with Crippen LogP contribution in [0.2, 0.25) is 0 Å². The number of hydrogen-bond acceptors (Lipinski definition) is 3. The van der Waals surface area contributed by atoms with Crippen LogP contribution in [-0.2, 0) is 24.0 Å². The van der Waals surface area contributed by atoms with E-state index in [1.165, 1.54) is 57.1 Å². The van der Waals surface area contributed by atoms with Crippen molar-refractivity contribution in [1.82, 2.24) is 4.90 Å². The van der Waals surface area contributed by atoms with Crippen molar-refractivity contribution < 1.29 is 4.74 Å². The van der Waals surface area contributed by atoms with Crippen LogP contribution >= 0.6 is 11.3 Å². The average molecular weight is 386 g/mol. The standard InChI is InChI=1S/C24H35NOS/c1-24(2)20-26-19-18-25(24)17-8-4-7-13-22-15-16-23(27-22)14-9-12-21-10-5-3-6-11-21/h3,5-6,10-11,15-16H,4,7-9,12-14,17-20H2,1-2H3. The van der Waals surface area contributed by atoms with E-state index in [1.807, 2.05) is 11.3 Å². The van der Waals surface area contributed by atoms with Gasteiger partial charge in [0, 0.05) is 21.8 Å². The molecule has 3 rings (SSSR count). The Balaban J connectivity index is 1.29. The molecule has 2 heterocycles. The van der Waals surface area contributed by atoms with Crippen LogP contribution in [0.15, 0.2) is 42.5 Å². The van der Waals surface area contributed by atoms with E-state index in [4.69, 9.17) is 4.74 Å². The predicted molar refractivity (Wildman–Crippen MR) is 117 cm³/mol. The summed E-state index contributed by atoms with van der Waals surface area (Å²) in [5.74, 6) is 0. The summed E-state index contributed by atoms with van der Waals surface area (Å²) in [5, 5.41) is 0. The maximum absolute atomic E-state index is 5.62. The topological polar surface area (TPSA) is 12.5 Å². The van der Waals surface area contributed by atoms with E-state index in [9.17, 15) is 0 Å². The van der Waals surface area contributed by atoms with E-state index in [-0.39, 0.29) is 5.54 Å². The second kappa shape index (κ2) is 10.4. The Bertz CT molecular complexity index is 664. The molecule has 1 aromatic carbocycles. The van der Waals surface area contributed by atoms with E-state index < -0.39 is 0 Å². The van der Waals surface area contributed by atoms with Gasteiger partial charge < -0.3 is 4.74 Å². The fourth-order valence-electron chi connectivity index (χ4n) is 3.89. The molecule has 1 aromatic heterocycles. The third-order valence-electron chi connectivity index (χ3n) is 5.62. The number of nitrogens with zero attached hydrogens (tertiary/aromatic N) is 1. The monoisotopic (exact) mass is 385 g/mol. The zero-order valence-electron chi connectivity index (χ0n) is 17.1. The van der Waals surface area contributed by atoms with Gasteiger partial charge in [0.2, 0.25) is 0 Å². The van der Waals surface area contributed by atoms with Gasteiger partial charge in [0.15, 0.2) is 0 Å². The summed E-state index contributed by atoms with van der Waals surface area (Å²) in [4.78, 5) is 5.72. The lowest BCUT2D eigenvalue weighted by atomic mass is 10.0. The van der Waals surface area contributed by atoms with E-state index in [1.54, 1.807) is 9.75 Å². The fraction of sp³-hybridized carbons (Fsp3) is 0.583. The number of rotatable bonds is 10. The van der Waals surface area contributed by atoms with Gasteiger partial charge in [-0.1, -0.05) is 36.8 Å². The van der Waals surface area contributed by atoms with E-state index in [0.717, 1.165) is 19.8 Å². The van der Waals surface area contributed by atoms with Crippen molar-refractivity contribution in [3.05, 3.63) is 57.8 Å². The highest BCUT2D eigenvalue weighted by Gasteiger charge is 2.29. The Hall–Kier alpha value is -1.16. The molecule has 27 heavy (non-hydrogen) atoms. The lowest BCUT2D eigenvalue weighted by Gasteiger charge is -2.42. The van der Waals surface area contributed by atoms with Gasteiger partial charge in [0.1, 0.15) is 0 Å². The third kappa shape index (κ3) is 6.74. The van der Waals surface area contributed by atoms with Crippen molar-refractivity contribution in [2.75, 3.05) is 26.3 Å². The summed E-state index contributed by atoms with van der Waals surface area (Å²) in [5.41, 5.74) is 1.67. The van der Waals surface area contributed by atoms with E-state index >= 15 is 0 Å². The lowest BCUT2D eigenvalue weighted by molar-refractivity contribution is -0.0513. The molecular formula is C24H35NOS. The number of benzene rings is 1. The smallest absolute Gasteiger partial charge is 0.0645 e. The molecule has 1 aliphatic heterocycles. The van der Waals surface area contributed by atoms with Crippen molar-refractivity contribution in [3.63, 3.8) is 0 Å². The van der Waals surface area contributed by atoms with Crippen molar-refractivity contribution in [3.8, 4) is 0 Å². The third-order valence-corrected chi connectivity index (χ3v) is 6.82. The van der Waals surface area contributed by atoms with Crippen LogP contribution in [0.3, 0.4) is 0 Å². The molecule has 0 N–H and O–H groups in total. The second-order valence-electron chi connectivity index (χ2n) is 8.37. The molecule has 0 atom stereocenters. The molecule has 1 saturated heterocycles. The van der Waals surface area contributed by atoms with Crippen LogP contribution in [0.4, 0.5) is 0 Å². The molecule has 1 aliphatic rings. The first-order valence-corrected chi connectivity index (χ1v) is 11.4. The Morgan fingerprint density at radius 1 is 0.889 bits per heavy atom. The number of unbranched alkanes of at least 4 members (excludes halogenated alkanes) is 2. The maximum atomic E-state index is 5.62. The van der Waals surface area contributed by atoms with Crippen LogP contribution in [0.1, 0.15) is 54.8 Å². The molecule has 2 nitrogen and oxygen atoms in total. The van der Waals surface area contributed by atoms with Crippen LogP contribution in [0, 0.1) is 0 Å². The van der Waals surface area contributed by atoms with Crippen molar-refractivity contribution >= 4 is 11.3 Å². The van der Waals surface area contributed by atoms with Gasteiger partial charge in [-0.25, -0.2) is 0 Å². The summed E-state index contributed by atoms with van der Waals surface area (Å²) >= 11 is 2.03. The summed E-state index contributed by atoms with van der Waals surface area (Å²) in [6, 6.07) is 15.5. The summed E-state index contributed by atoms with van der Waals surface area (Å²) < 4.78 is 5.62.